The van der Waals surface area contributed by atoms with Crippen LogP contribution < -0.4 is 10.2 Å². The second-order valence-electron chi connectivity index (χ2n) is 3.54. The summed E-state index contributed by atoms with van der Waals surface area (Å²) in [6.45, 7) is 0. The molecule has 0 aliphatic rings. The molecule has 0 saturated heterocycles. The van der Waals surface area contributed by atoms with Crippen molar-refractivity contribution in [3.63, 3.8) is 0 Å². The van der Waals surface area contributed by atoms with Crippen LogP contribution in [0, 0.1) is 0 Å². The quantitative estimate of drug-likeness (QED) is 0.774. The molecule has 2 aromatic heterocycles. The molecule has 80 valence electrons. The number of rotatable bonds is 2. The highest BCUT2D eigenvalue weighted by atomic mass is 15.3. The topological polar surface area (TPSA) is 58.9 Å². The van der Waals surface area contributed by atoms with Crippen LogP contribution in [0.3, 0.4) is 0 Å². The predicted octanol–water partition coefficient (Wildman–Crippen LogP) is 0.471. The summed E-state index contributed by atoms with van der Waals surface area (Å²) in [4.78, 5) is 14.9. The maximum absolute atomic E-state index is 4.42. The maximum atomic E-state index is 4.42. The smallest absolute Gasteiger partial charge is 0.228 e. The Labute approximate surface area is 88.0 Å². The van der Waals surface area contributed by atoms with Crippen molar-refractivity contribution in [1.29, 1.82) is 0 Å². The zero-order chi connectivity index (χ0) is 11.0. The SMILES string of the molecule is CNc1nc(N(C)C)nc2c1ncn2C. The number of aryl methyl sites for hydroxylation is 1. The summed E-state index contributed by atoms with van der Waals surface area (Å²) >= 11 is 0. The van der Waals surface area contributed by atoms with E-state index in [0.29, 0.717) is 5.95 Å². The van der Waals surface area contributed by atoms with Crippen molar-refractivity contribution in [2.45, 2.75) is 0 Å². The molecular weight excluding hydrogens is 192 g/mol. The van der Waals surface area contributed by atoms with Gasteiger partial charge >= 0.3 is 0 Å². The van der Waals surface area contributed by atoms with Crippen LogP contribution in [0.15, 0.2) is 6.33 Å². The van der Waals surface area contributed by atoms with Gasteiger partial charge in [0.1, 0.15) is 0 Å². The Hall–Kier alpha value is -1.85. The van der Waals surface area contributed by atoms with Gasteiger partial charge in [0, 0.05) is 28.2 Å². The summed E-state index contributed by atoms with van der Waals surface area (Å²) in [5.74, 6) is 1.43. The Morgan fingerprint density at radius 1 is 1.33 bits per heavy atom. The van der Waals surface area contributed by atoms with Crippen LogP contribution in [0.2, 0.25) is 0 Å². The largest absolute Gasteiger partial charge is 0.371 e. The van der Waals surface area contributed by atoms with Crippen molar-refractivity contribution in [3.05, 3.63) is 6.33 Å². The molecule has 6 heteroatoms. The molecule has 6 nitrogen and oxygen atoms in total. The first-order chi connectivity index (χ1) is 7.13. The molecule has 1 N–H and O–H groups in total. The van der Waals surface area contributed by atoms with E-state index in [1.165, 1.54) is 0 Å². The fourth-order valence-electron chi connectivity index (χ4n) is 1.37. The van der Waals surface area contributed by atoms with E-state index in [-0.39, 0.29) is 0 Å². The lowest BCUT2D eigenvalue weighted by molar-refractivity contribution is 0.919. The third kappa shape index (κ3) is 1.47. The van der Waals surface area contributed by atoms with Gasteiger partial charge in [-0.25, -0.2) is 4.98 Å². The molecule has 2 aromatic rings. The van der Waals surface area contributed by atoms with Gasteiger partial charge in [0.25, 0.3) is 0 Å². The van der Waals surface area contributed by atoms with Crippen LogP contribution in [-0.2, 0) is 7.05 Å². The van der Waals surface area contributed by atoms with Crippen molar-refractivity contribution in [3.8, 4) is 0 Å². The first-order valence-corrected chi connectivity index (χ1v) is 4.67. The van der Waals surface area contributed by atoms with Gasteiger partial charge in [-0.3, -0.25) is 0 Å². The number of hydrogen-bond donors (Lipinski definition) is 1. The van der Waals surface area contributed by atoms with Crippen LogP contribution in [0.25, 0.3) is 11.2 Å². The van der Waals surface area contributed by atoms with E-state index in [0.717, 1.165) is 17.0 Å². The normalized spacial score (nSPS) is 10.7. The molecule has 0 bridgehead atoms. The van der Waals surface area contributed by atoms with E-state index < -0.39 is 0 Å². The van der Waals surface area contributed by atoms with E-state index in [9.17, 15) is 0 Å². The molecule has 0 fully saturated rings. The number of nitrogens with zero attached hydrogens (tertiary/aromatic N) is 5. The molecule has 0 aromatic carbocycles. The van der Waals surface area contributed by atoms with Gasteiger partial charge in [-0.2, -0.15) is 9.97 Å². The zero-order valence-corrected chi connectivity index (χ0v) is 9.31. The van der Waals surface area contributed by atoms with Gasteiger partial charge in [0.2, 0.25) is 5.95 Å². The molecule has 0 aliphatic carbocycles. The molecule has 0 amide bonds. The molecule has 15 heavy (non-hydrogen) atoms. The predicted molar refractivity (Wildman–Crippen MR) is 60.2 cm³/mol. The third-order valence-electron chi connectivity index (χ3n) is 2.18. The average Bonchev–Trinajstić information content (AvgIpc) is 2.59. The molecule has 2 rings (SSSR count). The molecule has 0 spiro atoms. The van der Waals surface area contributed by atoms with Gasteiger partial charge in [0.15, 0.2) is 17.0 Å². The lowest BCUT2D eigenvalue weighted by Crippen LogP contribution is -2.14. The van der Waals surface area contributed by atoms with Crippen molar-refractivity contribution < 1.29 is 0 Å². The summed E-state index contributed by atoms with van der Waals surface area (Å²) in [6.07, 6.45) is 1.74. The third-order valence-corrected chi connectivity index (χ3v) is 2.18. The fourth-order valence-corrected chi connectivity index (χ4v) is 1.37. The minimum absolute atomic E-state index is 0.676. The average molecular weight is 206 g/mol. The summed E-state index contributed by atoms with van der Waals surface area (Å²) in [5.41, 5.74) is 1.63. The summed E-state index contributed by atoms with van der Waals surface area (Å²) < 4.78 is 1.88. The van der Waals surface area contributed by atoms with Gasteiger partial charge in [0.05, 0.1) is 6.33 Å². The van der Waals surface area contributed by atoms with Crippen LogP contribution in [0.5, 0.6) is 0 Å². The molecule has 0 unspecified atom stereocenters. The van der Waals surface area contributed by atoms with Crippen LogP contribution >= 0.6 is 0 Å². The first kappa shape index (κ1) is 9.70. The second-order valence-corrected chi connectivity index (χ2v) is 3.54. The van der Waals surface area contributed by atoms with E-state index in [2.05, 4.69) is 20.3 Å². The van der Waals surface area contributed by atoms with Crippen molar-refractivity contribution in [1.82, 2.24) is 19.5 Å². The molecule has 0 saturated carbocycles. The Kier molecular flexibility index (Phi) is 2.18. The van der Waals surface area contributed by atoms with E-state index in [4.69, 9.17) is 0 Å². The Balaban J connectivity index is 2.74. The number of imidazole rings is 1. The molecule has 2 heterocycles. The lowest BCUT2D eigenvalue weighted by atomic mass is 10.5. The summed E-state index contributed by atoms with van der Waals surface area (Å²) in [7, 11) is 7.57. The zero-order valence-electron chi connectivity index (χ0n) is 9.31. The molecular formula is C9H14N6. The minimum atomic E-state index is 0.676. The maximum Gasteiger partial charge on any atom is 0.228 e. The Bertz CT molecular complexity index is 487. The Morgan fingerprint density at radius 2 is 2.07 bits per heavy atom. The van der Waals surface area contributed by atoms with E-state index >= 15 is 0 Å². The van der Waals surface area contributed by atoms with Gasteiger partial charge in [-0.15, -0.1) is 0 Å². The van der Waals surface area contributed by atoms with Crippen molar-refractivity contribution in [2.24, 2.45) is 7.05 Å². The highest BCUT2D eigenvalue weighted by Crippen LogP contribution is 2.20. The number of hydrogen-bond acceptors (Lipinski definition) is 5. The van der Waals surface area contributed by atoms with E-state index in [1.807, 2.05) is 37.7 Å². The van der Waals surface area contributed by atoms with Crippen LogP contribution in [0.4, 0.5) is 11.8 Å². The number of aromatic nitrogens is 4. The number of nitrogens with one attached hydrogen (secondary N) is 1. The number of fused-ring (bicyclic) bond motifs is 1. The standard InChI is InChI=1S/C9H14N6/c1-10-7-6-8(15(4)5-11-6)13-9(12-7)14(2)3/h5H,1-4H3,(H,10,12,13). The monoisotopic (exact) mass is 206 g/mol. The van der Waals surface area contributed by atoms with Gasteiger partial charge in [-0.05, 0) is 0 Å². The van der Waals surface area contributed by atoms with E-state index in [1.54, 1.807) is 6.33 Å². The summed E-state index contributed by atoms with van der Waals surface area (Å²) in [6, 6.07) is 0. The lowest BCUT2D eigenvalue weighted by Gasteiger charge is -2.11. The highest BCUT2D eigenvalue weighted by Gasteiger charge is 2.11. The Morgan fingerprint density at radius 3 is 2.67 bits per heavy atom. The van der Waals surface area contributed by atoms with Crippen molar-refractivity contribution >= 4 is 22.9 Å². The molecule has 0 aliphatic heterocycles. The van der Waals surface area contributed by atoms with Crippen LogP contribution in [-0.4, -0.2) is 40.7 Å². The second kappa shape index (κ2) is 3.38. The van der Waals surface area contributed by atoms with Gasteiger partial charge in [-0.1, -0.05) is 0 Å². The molecule has 0 atom stereocenters. The molecule has 0 radical (unpaired) electrons. The van der Waals surface area contributed by atoms with Gasteiger partial charge < -0.3 is 14.8 Å². The highest BCUT2D eigenvalue weighted by molar-refractivity contribution is 5.84. The summed E-state index contributed by atoms with van der Waals surface area (Å²) in [5, 5.41) is 3.02. The van der Waals surface area contributed by atoms with Crippen LogP contribution in [0.1, 0.15) is 0 Å². The fraction of sp³-hybridized carbons (Fsp3) is 0.444. The minimum Gasteiger partial charge on any atom is -0.371 e. The number of anilines is 2. The first-order valence-electron chi connectivity index (χ1n) is 4.67. The van der Waals surface area contributed by atoms with Crippen molar-refractivity contribution in [2.75, 3.05) is 31.4 Å².